The first-order valence-electron chi connectivity index (χ1n) is 7.64. The third kappa shape index (κ3) is 3.15. The highest BCUT2D eigenvalue weighted by atomic mass is 16.5. The standard InChI is InChI=1S/C19H19N3O2/c1-3-5-15-10-16(11-17(24-2)18(15)23)19-21-8-9-22(19)13-14-6-4-7-20-12-14/h3-4,6-12,23H,1,5,13H2,2H3. The molecule has 5 nitrogen and oxygen atoms in total. The van der Waals surface area contributed by atoms with E-state index in [0.717, 1.165) is 22.5 Å². The van der Waals surface area contributed by atoms with Crippen molar-refractivity contribution in [2.45, 2.75) is 13.0 Å². The number of pyridine rings is 1. The monoisotopic (exact) mass is 321 g/mol. The number of rotatable bonds is 6. The summed E-state index contributed by atoms with van der Waals surface area (Å²) in [5.74, 6) is 1.38. The number of imidazole rings is 1. The minimum atomic E-state index is 0.145. The van der Waals surface area contributed by atoms with E-state index in [9.17, 15) is 5.11 Å². The molecule has 0 saturated carbocycles. The normalized spacial score (nSPS) is 10.5. The number of nitrogens with zero attached hydrogens (tertiary/aromatic N) is 3. The maximum atomic E-state index is 10.2. The Morgan fingerprint density at radius 2 is 2.21 bits per heavy atom. The SMILES string of the molecule is C=CCc1cc(-c2nccn2Cc2cccnc2)cc(OC)c1O. The van der Waals surface area contributed by atoms with Crippen molar-refractivity contribution in [2.75, 3.05) is 7.11 Å². The molecule has 3 aromatic rings. The highest BCUT2D eigenvalue weighted by Gasteiger charge is 2.14. The minimum absolute atomic E-state index is 0.145. The summed E-state index contributed by atoms with van der Waals surface area (Å²) in [6.07, 6.45) is 9.59. The van der Waals surface area contributed by atoms with Crippen LogP contribution in [0.15, 0.2) is 61.7 Å². The van der Waals surface area contributed by atoms with Gasteiger partial charge in [0.25, 0.3) is 0 Å². The highest BCUT2D eigenvalue weighted by molar-refractivity contribution is 5.64. The van der Waals surface area contributed by atoms with E-state index in [1.54, 1.807) is 31.6 Å². The quantitative estimate of drug-likeness (QED) is 0.707. The molecule has 1 aromatic carbocycles. The molecule has 2 aromatic heterocycles. The van der Waals surface area contributed by atoms with E-state index in [-0.39, 0.29) is 5.75 Å². The van der Waals surface area contributed by atoms with Gasteiger partial charge in [-0.05, 0) is 30.2 Å². The number of methoxy groups -OCH3 is 1. The van der Waals surface area contributed by atoms with E-state index in [4.69, 9.17) is 4.74 Å². The zero-order valence-electron chi connectivity index (χ0n) is 13.5. The first kappa shape index (κ1) is 15.8. The average molecular weight is 321 g/mol. The molecule has 0 amide bonds. The molecule has 3 rings (SSSR count). The Hall–Kier alpha value is -3.08. The number of phenolic OH excluding ortho intramolecular Hbond substituents is 1. The van der Waals surface area contributed by atoms with E-state index in [1.165, 1.54) is 0 Å². The Kier molecular flexibility index (Phi) is 4.61. The van der Waals surface area contributed by atoms with Crippen LogP contribution in [0.2, 0.25) is 0 Å². The summed E-state index contributed by atoms with van der Waals surface area (Å²) in [6, 6.07) is 7.65. The van der Waals surface area contributed by atoms with E-state index in [0.29, 0.717) is 18.7 Å². The fourth-order valence-electron chi connectivity index (χ4n) is 2.65. The van der Waals surface area contributed by atoms with Crippen LogP contribution in [0.3, 0.4) is 0 Å². The van der Waals surface area contributed by atoms with Crippen LogP contribution in [0.1, 0.15) is 11.1 Å². The van der Waals surface area contributed by atoms with Crippen molar-refractivity contribution in [1.29, 1.82) is 0 Å². The average Bonchev–Trinajstić information content (AvgIpc) is 3.06. The van der Waals surface area contributed by atoms with Gasteiger partial charge in [0.1, 0.15) is 5.82 Å². The highest BCUT2D eigenvalue weighted by Crippen LogP contribution is 2.35. The summed E-state index contributed by atoms with van der Waals surface area (Å²) >= 11 is 0. The first-order chi connectivity index (χ1) is 11.7. The molecule has 122 valence electrons. The van der Waals surface area contributed by atoms with Crippen LogP contribution in [0.4, 0.5) is 0 Å². The van der Waals surface area contributed by atoms with Crippen LogP contribution in [-0.2, 0) is 13.0 Å². The number of ether oxygens (including phenoxy) is 1. The molecule has 24 heavy (non-hydrogen) atoms. The molecular weight excluding hydrogens is 302 g/mol. The Labute approximate surface area is 140 Å². The summed E-state index contributed by atoms with van der Waals surface area (Å²) in [4.78, 5) is 8.62. The van der Waals surface area contributed by atoms with Gasteiger partial charge in [-0.25, -0.2) is 4.98 Å². The Morgan fingerprint density at radius 1 is 1.33 bits per heavy atom. The second kappa shape index (κ2) is 7.00. The largest absolute Gasteiger partial charge is 0.504 e. The lowest BCUT2D eigenvalue weighted by atomic mass is 10.0. The van der Waals surface area contributed by atoms with Gasteiger partial charge >= 0.3 is 0 Å². The summed E-state index contributed by atoms with van der Waals surface area (Å²) in [5.41, 5.74) is 2.74. The molecule has 0 aliphatic heterocycles. The third-order valence-corrected chi connectivity index (χ3v) is 3.79. The third-order valence-electron chi connectivity index (χ3n) is 3.79. The molecule has 1 N–H and O–H groups in total. The van der Waals surface area contributed by atoms with Crippen molar-refractivity contribution in [1.82, 2.24) is 14.5 Å². The second-order valence-corrected chi connectivity index (χ2v) is 5.42. The summed E-state index contributed by atoms with van der Waals surface area (Å²) in [6.45, 7) is 4.41. The van der Waals surface area contributed by atoms with E-state index < -0.39 is 0 Å². The fourth-order valence-corrected chi connectivity index (χ4v) is 2.65. The van der Waals surface area contributed by atoms with Gasteiger partial charge in [-0.1, -0.05) is 12.1 Å². The Bertz CT molecular complexity index is 841. The number of allylic oxidation sites excluding steroid dienone is 1. The number of hydrogen-bond donors (Lipinski definition) is 1. The summed E-state index contributed by atoms with van der Waals surface area (Å²) in [5, 5.41) is 10.2. The van der Waals surface area contributed by atoms with Gasteiger partial charge in [-0.3, -0.25) is 4.98 Å². The minimum Gasteiger partial charge on any atom is -0.504 e. The van der Waals surface area contributed by atoms with E-state index in [2.05, 4.69) is 16.5 Å². The lowest BCUT2D eigenvalue weighted by molar-refractivity contribution is 0.371. The molecule has 0 aliphatic carbocycles. The second-order valence-electron chi connectivity index (χ2n) is 5.42. The maximum Gasteiger partial charge on any atom is 0.161 e. The number of benzene rings is 1. The number of aromatic hydroxyl groups is 1. The van der Waals surface area contributed by atoms with Crippen LogP contribution >= 0.6 is 0 Å². The van der Waals surface area contributed by atoms with Crippen molar-refractivity contribution in [3.05, 3.63) is 72.8 Å². The van der Waals surface area contributed by atoms with Crippen molar-refractivity contribution < 1.29 is 9.84 Å². The van der Waals surface area contributed by atoms with Crippen LogP contribution in [-0.4, -0.2) is 26.8 Å². The van der Waals surface area contributed by atoms with E-state index >= 15 is 0 Å². The maximum absolute atomic E-state index is 10.2. The Balaban J connectivity index is 2.02. The van der Waals surface area contributed by atoms with Gasteiger partial charge in [0.05, 0.1) is 13.7 Å². The van der Waals surface area contributed by atoms with Crippen LogP contribution in [0.25, 0.3) is 11.4 Å². The molecule has 0 spiro atoms. The molecule has 0 fully saturated rings. The van der Waals surface area contributed by atoms with Crippen molar-refractivity contribution >= 4 is 0 Å². The zero-order valence-corrected chi connectivity index (χ0v) is 13.5. The number of phenols is 1. The van der Waals surface area contributed by atoms with Crippen LogP contribution in [0.5, 0.6) is 11.5 Å². The molecule has 0 radical (unpaired) electrons. The van der Waals surface area contributed by atoms with Crippen LogP contribution in [0, 0.1) is 0 Å². The predicted octanol–water partition coefficient (Wildman–Crippen LogP) is 3.44. The predicted molar refractivity (Wildman–Crippen MR) is 93.1 cm³/mol. The van der Waals surface area contributed by atoms with Gasteiger partial charge < -0.3 is 14.4 Å². The number of hydrogen-bond acceptors (Lipinski definition) is 4. The van der Waals surface area contributed by atoms with Gasteiger partial charge in [0, 0.05) is 35.9 Å². The van der Waals surface area contributed by atoms with Gasteiger partial charge in [-0.15, -0.1) is 6.58 Å². The zero-order chi connectivity index (χ0) is 16.9. The first-order valence-corrected chi connectivity index (χ1v) is 7.64. The fraction of sp³-hybridized carbons (Fsp3) is 0.158. The molecule has 0 bridgehead atoms. The van der Waals surface area contributed by atoms with Crippen molar-refractivity contribution in [3.63, 3.8) is 0 Å². The van der Waals surface area contributed by atoms with Crippen molar-refractivity contribution in [3.8, 4) is 22.9 Å². The summed E-state index contributed by atoms with van der Waals surface area (Å²) in [7, 11) is 1.54. The topological polar surface area (TPSA) is 60.2 Å². The van der Waals surface area contributed by atoms with Gasteiger partial charge in [-0.2, -0.15) is 0 Å². The number of aromatic nitrogens is 3. The lowest BCUT2D eigenvalue weighted by Gasteiger charge is -2.13. The molecule has 0 aliphatic rings. The molecular formula is C19H19N3O2. The van der Waals surface area contributed by atoms with Crippen molar-refractivity contribution in [2.24, 2.45) is 0 Å². The van der Waals surface area contributed by atoms with Gasteiger partial charge in [0.15, 0.2) is 11.5 Å². The lowest BCUT2D eigenvalue weighted by Crippen LogP contribution is -2.02. The summed E-state index contributed by atoms with van der Waals surface area (Å²) < 4.78 is 7.34. The molecule has 0 saturated heterocycles. The molecule has 2 heterocycles. The smallest absolute Gasteiger partial charge is 0.161 e. The Morgan fingerprint density at radius 3 is 2.92 bits per heavy atom. The van der Waals surface area contributed by atoms with Gasteiger partial charge in [0.2, 0.25) is 0 Å². The molecule has 5 heteroatoms. The molecule has 0 atom stereocenters. The van der Waals surface area contributed by atoms with E-state index in [1.807, 2.05) is 35.2 Å². The molecule has 0 unspecified atom stereocenters. The van der Waals surface area contributed by atoms with Crippen LogP contribution < -0.4 is 4.74 Å².